The van der Waals surface area contributed by atoms with E-state index in [0.717, 1.165) is 0 Å². The average Bonchev–Trinajstić information content (AvgIpc) is 2.56. The molecule has 11 nitrogen and oxygen atoms in total. The monoisotopic (exact) mass is 356 g/mol. The highest BCUT2D eigenvalue weighted by atomic mass is 16.7. The van der Waals surface area contributed by atoms with Crippen LogP contribution in [0.4, 0.5) is 0 Å². The second kappa shape index (κ2) is 8.29. The highest BCUT2D eigenvalue weighted by Gasteiger charge is 2.49. The van der Waals surface area contributed by atoms with Gasteiger partial charge in [-0.15, -0.1) is 0 Å². The lowest BCUT2D eigenvalue weighted by atomic mass is 9.96. The van der Waals surface area contributed by atoms with Crippen LogP contribution in [0.5, 0.6) is 0 Å². The lowest BCUT2D eigenvalue weighted by Crippen LogP contribution is -2.64. The van der Waals surface area contributed by atoms with Crippen molar-refractivity contribution in [2.45, 2.75) is 67.8 Å². The molecular formula is C13H24O11. The van der Waals surface area contributed by atoms with Gasteiger partial charge in [0.1, 0.15) is 42.7 Å². The van der Waals surface area contributed by atoms with Gasteiger partial charge in [-0.25, -0.2) is 0 Å². The maximum atomic E-state index is 10.00. The summed E-state index contributed by atoms with van der Waals surface area (Å²) in [7, 11) is 0. The van der Waals surface area contributed by atoms with Gasteiger partial charge in [0.05, 0.1) is 12.7 Å². The Bertz CT molecular complexity index is 396. The first kappa shape index (κ1) is 19.9. The van der Waals surface area contributed by atoms with Gasteiger partial charge in [-0.1, -0.05) is 0 Å². The van der Waals surface area contributed by atoms with Crippen LogP contribution < -0.4 is 0 Å². The molecule has 0 radical (unpaired) electrons. The van der Waals surface area contributed by atoms with Gasteiger partial charge < -0.3 is 55.1 Å². The van der Waals surface area contributed by atoms with Crippen LogP contribution in [0.25, 0.3) is 0 Å². The molecule has 10 atom stereocenters. The van der Waals surface area contributed by atoms with Gasteiger partial charge in [0.15, 0.2) is 12.6 Å². The molecule has 0 spiro atoms. The molecule has 2 rings (SSSR count). The van der Waals surface area contributed by atoms with E-state index >= 15 is 0 Å². The Labute approximate surface area is 137 Å². The first-order valence-electron chi connectivity index (χ1n) is 7.58. The van der Waals surface area contributed by atoms with Crippen molar-refractivity contribution in [1.29, 1.82) is 0 Å². The van der Waals surface area contributed by atoms with Crippen molar-refractivity contribution in [3.8, 4) is 0 Å². The zero-order valence-corrected chi connectivity index (χ0v) is 12.7. The second-order valence-electron chi connectivity index (χ2n) is 5.86. The molecule has 2 fully saturated rings. The lowest BCUT2D eigenvalue weighted by Gasteiger charge is -2.45. The summed E-state index contributed by atoms with van der Waals surface area (Å²) in [5, 5.41) is 77.1. The van der Waals surface area contributed by atoms with Gasteiger partial charge in [0.25, 0.3) is 0 Å². The van der Waals surface area contributed by atoms with Gasteiger partial charge >= 0.3 is 0 Å². The lowest BCUT2D eigenvalue weighted by molar-refractivity contribution is -0.360. The van der Waals surface area contributed by atoms with Crippen LogP contribution in [0.2, 0.25) is 0 Å². The van der Waals surface area contributed by atoms with Gasteiger partial charge in [-0.3, -0.25) is 0 Å². The minimum Gasteiger partial charge on any atom is -0.396 e. The Hall–Kier alpha value is -0.440. The third kappa shape index (κ3) is 3.86. The Kier molecular flexibility index (Phi) is 6.87. The fourth-order valence-electron chi connectivity index (χ4n) is 2.77. The van der Waals surface area contributed by atoms with Crippen LogP contribution in [0, 0.1) is 0 Å². The van der Waals surface area contributed by atoms with E-state index < -0.39 is 68.0 Å². The van der Waals surface area contributed by atoms with Gasteiger partial charge in [-0.05, 0) is 6.42 Å². The van der Waals surface area contributed by atoms with Crippen molar-refractivity contribution in [2.24, 2.45) is 0 Å². The van der Waals surface area contributed by atoms with Crippen LogP contribution in [-0.4, -0.2) is 115 Å². The molecule has 0 saturated carbocycles. The van der Waals surface area contributed by atoms with Crippen molar-refractivity contribution < 1.29 is 55.1 Å². The first-order chi connectivity index (χ1) is 11.3. The highest BCUT2D eigenvalue weighted by Crippen LogP contribution is 2.29. The molecule has 11 heteroatoms. The van der Waals surface area contributed by atoms with Crippen LogP contribution >= 0.6 is 0 Å². The maximum absolute atomic E-state index is 10.00. The molecule has 0 bridgehead atoms. The number of hydrogen-bond acceptors (Lipinski definition) is 11. The molecule has 2 heterocycles. The molecule has 2 saturated heterocycles. The van der Waals surface area contributed by atoms with Crippen LogP contribution in [0.3, 0.4) is 0 Å². The number of ether oxygens (including phenoxy) is 3. The molecule has 2 aliphatic rings. The van der Waals surface area contributed by atoms with E-state index in [2.05, 4.69) is 0 Å². The van der Waals surface area contributed by atoms with Gasteiger partial charge in [0, 0.05) is 6.61 Å². The van der Waals surface area contributed by atoms with Crippen molar-refractivity contribution in [1.82, 2.24) is 0 Å². The van der Waals surface area contributed by atoms with E-state index in [1.807, 2.05) is 0 Å². The minimum absolute atomic E-state index is 0.0493. The summed E-state index contributed by atoms with van der Waals surface area (Å²) in [6.07, 6.45) is -15.2. The summed E-state index contributed by atoms with van der Waals surface area (Å²) in [6, 6.07) is 0. The quantitative estimate of drug-likeness (QED) is 0.235. The number of rotatable bonds is 5. The normalized spacial score (nSPS) is 50.0. The molecule has 0 aromatic heterocycles. The number of aliphatic hydroxyl groups is 8. The van der Waals surface area contributed by atoms with E-state index in [-0.39, 0.29) is 13.0 Å². The van der Waals surface area contributed by atoms with Crippen LogP contribution in [0.15, 0.2) is 0 Å². The van der Waals surface area contributed by atoms with Crippen molar-refractivity contribution in [3.63, 3.8) is 0 Å². The predicted octanol–water partition coefficient (Wildman–Crippen LogP) is -5.01. The summed E-state index contributed by atoms with van der Waals surface area (Å²) < 4.78 is 15.4. The molecule has 24 heavy (non-hydrogen) atoms. The van der Waals surface area contributed by atoms with Crippen molar-refractivity contribution >= 4 is 0 Å². The SMILES string of the molecule is OCC[C@H]1OC(O[C@H]2C(O)O[C@H](CO)[C@H](O)[C@@H]2O)[C@@H](O)[C@@H](O)[C@@H]1O. The molecule has 0 aromatic carbocycles. The first-order valence-corrected chi connectivity index (χ1v) is 7.58. The molecule has 8 N–H and O–H groups in total. The van der Waals surface area contributed by atoms with Gasteiger partial charge in [0.2, 0.25) is 0 Å². The molecule has 2 unspecified atom stereocenters. The Morgan fingerprint density at radius 2 is 1.33 bits per heavy atom. The minimum atomic E-state index is -1.74. The molecule has 0 aromatic rings. The summed E-state index contributed by atoms with van der Waals surface area (Å²) in [5.74, 6) is 0. The maximum Gasteiger partial charge on any atom is 0.187 e. The Morgan fingerprint density at radius 1 is 0.708 bits per heavy atom. The van der Waals surface area contributed by atoms with E-state index in [1.54, 1.807) is 0 Å². The van der Waals surface area contributed by atoms with E-state index in [0.29, 0.717) is 0 Å². The second-order valence-corrected chi connectivity index (χ2v) is 5.86. The highest BCUT2D eigenvalue weighted by molar-refractivity contribution is 4.93. The van der Waals surface area contributed by atoms with E-state index in [1.165, 1.54) is 0 Å². The fourth-order valence-corrected chi connectivity index (χ4v) is 2.77. The number of hydrogen-bond donors (Lipinski definition) is 8. The summed E-state index contributed by atoms with van der Waals surface area (Å²) in [6.45, 7) is -1.00. The average molecular weight is 356 g/mol. The molecule has 2 aliphatic heterocycles. The molecule has 0 aliphatic carbocycles. The molecule has 142 valence electrons. The van der Waals surface area contributed by atoms with Crippen LogP contribution in [0.1, 0.15) is 6.42 Å². The largest absolute Gasteiger partial charge is 0.396 e. The third-order valence-electron chi connectivity index (χ3n) is 4.22. The third-order valence-corrected chi connectivity index (χ3v) is 4.22. The molecular weight excluding hydrogens is 332 g/mol. The van der Waals surface area contributed by atoms with Gasteiger partial charge in [-0.2, -0.15) is 0 Å². The fraction of sp³-hybridized carbons (Fsp3) is 1.00. The Morgan fingerprint density at radius 3 is 1.92 bits per heavy atom. The summed E-state index contributed by atoms with van der Waals surface area (Å²) >= 11 is 0. The van der Waals surface area contributed by atoms with Crippen molar-refractivity contribution in [2.75, 3.05) is 13.2 Å². The summed E-state index contributed by atoms with van der Waals surface area (Å²) in [5.41, 5.74) is 0. The smallest absolute Gasteiger partial charge is 0.187 e. The van der Waals surface area contributed by atoms with E-state index in [4.69, 9.17) is 24.4 Å². The Balaban J connectivity index is 2.07. The van der Waals surface area contributed by atoms with Crippen molar-refractivity contribution in [3.05, 3.63) is 0 Å². The summed E-state index contributed by atoms with van der Waals surface area (Å²) in [4.78, 5) is 0. The van der Waals surface area contributed by atoms with E-state index in [9.17, 15) is 30.6 Å². The zero-order valence-electron chi connectivity index (χ0n) is 12.7. The predicted molar refractivity (Wildman–Crippen MR) is 73.2 cm³/mol. The zero-order chi connectivity index (χ0) is 18.0. The van der Waals surface area contributed by atoms with Crippen LogP contribution in [-0.2, 0) is 14.2 Å². The standard InChI is InChI=1S/C13H24O11/c14-2-1-4-6(16)8(18)10(20)13(23-4)24-11-9(19)7(17)5(3-15)22-12(11)21/h4-21H,1-3H2/t4-,5-,6-,7+,8+,9+,10+,11-,12?,13?/m1/s1. The topological polar surface area (TPSA) is 190 Å². The number of aliphatic hydroxyl groups excluding tert-OH is 8. The molecule has 0 amide bonds.